The van der Waals surface area contributed by atoms with Crippen molar-refractivity contribution in [1.29, 1.82) is 0 Å². The summed E-state index contributed by atoms with van der Waals surface area (Å²) in [7, 11) is 0. The van der Waals surface area contributed by atoms with Crippen LogP contribution in [0.25, 0.3) is 0 Å². The number of halogens is 3. The molecule has 0 aliphatic heterocycles. The highest BCUT2D eigenvalue weighted by Gasteiger charge is 2.31. The van der Waals surface area contributed by atoms with Gasteiger partial charge in [0.15, 0.2) is 0 Å². The fourth-order valence-electron chi connectivity index (χ4n) is 1.33. The molecule has 0 saturated carbocycles. The zero-order valence-corrected chi connectivity index (χ0v) is 9.30. The van der Waals surface area contributed by atoms with E-state index in [9.17, 15) is 18.0 Å². The van der Waals surface area contributed by atoms with E-state index in [1.807, 2.05) is 0 Å². The lowest BCUT2D eigenvalue weighted by atomic mass is 10.1. The monoisotopic (exact) mass is 247 g/mol. The molecule has 1 aromatic rings. The fourth-order valence-corrected chi connectivity index (χ4v) is 1.33. The molecule has 17 heavy (non-hydrogen) atoms. The van der Waals surface area contributed by atoms with Gasteiger partial charge in [0.25, 0.3) is 0 Å². The van der Waals surface area contributed by atoms with Gasteiger partial charge in [-0.25, -0.2) is 4.79 Å². The second-order valence-electron chi connectivity index (χ2n) is 3.90. The second kappa shape index (κ2) is 4.65. The van der Waals surface area contributed by atoms with Gasteiger partial charge in [-0.3, -0.25) is 0 Å². The molecule has 0 amide bonds. The quantitative estimate of drug-likeness (QED) is 0.862. The molecule has 0 fully saturated rings. The highest BCUT2D eigenvalue weighted by Crippen LogP contribution is 2.32. The van der Waals surface area contributed by atoms with Crippen molar-refractivity contribution in [2.75, 3.05) is 5.32 Å². The van der Waals surface area contributed by atoms with Crippen LogP contribution in [-0.4, -0.2) is 17.1 Å². The number of carboxylic acids is 1. The van der Waals surface area contributed by atoms with E-state index in [1.54, 1.807) is 13.8 Å². The maximum absolute atomic E-state index is 12.5. The highest BCUT2D eigenvalue weighted by molar-refractivity contribution is 5.89. The van der Waals surface area contributed by atoms with E-state index < -0.39 is 17.7 Å². The second-order valence-corrected chi connectivity index (χ2v) is 3.90. The van der Waals surface area contributed by atoms with Crippen LogP contribution in [0.1, 0.15) is 29.8 Å². The molecule has 94 valence electrons. The Labute approximate surface area is 96.3 Å². The van der Waals surface area contributed by atoms with E-state index in [0.717, 1.165) is 6.07 Å². The van der Waals surface area contributed by atoms with Crippen molar-refractivity contribution in [2.24, 2.45) is 0 Å². The molecule has 3 nitrogen and oxygen atoms in total. The first-order chi connectivity index (χ1) is 7.70. The number of carboxylic acid groups (broad SMARTS) is 1. The Balaban J connectivity index is 3.24. The molecule has 6 heteroatoms. The molecule has 0 saturated heterocycles. The van der Waals surface area contributed by atoms with E-state index in [4.69, 9.17) is 5.11 Å². The predicted octanol–water partition coefficient (Wildman–Crippen LogP) is 3.22. The number of rotatable bonds is 3. The summed E-state index contributed by atoms with van der Waals surface area (Å²) in [6.45, 7) is 3.50. The maximum Gasteiger partial charge on any atom is 0.416 e. The van der Waals surface area contributed by atoms with Crippen molar-refractivity contribution in [3.05, 3.63) is 29.3 Å². The van der Waals surface area contributed by atoms with E-state index in [-0.39, 0.29) is 17.3 Å². The zero-order chi connectivity index (χ0) is 13.2. The standard InChI is InChI=1S/C11H12F3NO2/c1-6(2)15-9-4-7(10(16)17)3-8(5-9)11(12,13)14/h3-6,15H,1-2H3,(H,16,17). The lowest BCUT2D eigenvalue weighted by molar-refractivity contribution is -0.137. The molecule has 2 N–H and O–H groups in total. The van der Waals surface area contributed by atoms with Crippen molar-refractivity contribution in [2.45, 2.75) is 26.1 Å². The Hall–Kier alpha value is -1.72. The molecule has 0 spiro atoms. The van der Waals surface area contributed by atoms with Crippen molar-refractivity contribution >= 4 is 11.7 Å². The summed E-state index contributed by atoms with van der Waals surface area (Å²) < 4.78 is 37.6. The topological polar surface area (TPSA) is 49.3 Å². The number of nitrogens with one attached hydrogen (secondary N) is 1. The number of aromatic carboxylic acids is 1. The number of alkyl halides is 3. The molecule has 0 radical (unpaired) electrons. The van der Waals surface area contributed by atoms with Crippen LogP contribution in [0.3, 0.4) is 0 Å². The Kier molecular flexibility index (Phi) is 3.65. The minimum absolute atomic E-state index is 0.0832. The van der Waals surface area contributed by atoms with Gasteiger partial charge in [-0.1, -0.05) is 0 Å². The number of anilines is 1. The van der Waals surface area contributed by atoms with E-state index in [0.29, 0.717) is 6.07 Å². The van der Waals surface area contributed by atoms with Crippen molar-refractivity contribution in [3.8, 4) is 0 Å². The third-order valence-electron chi connectivity index (χ3n) is 1.96. The normalized spacial score (nSPS) is 11.6. The lowest BCUT2D eigenvalue weighted by Gasteiger charge is -2.14. The van der Waals surface area contributed by atoms with Crippen LogP contribution in [-0.2, 0) is 6.18 Å². The molecule has 0 bridgehead atoms. The van der Waals surface area contributed by atoms with Crippen LogP contribution < -0.4 is 5.32 Å². The van der Waals surface area contributed by atoms with Crippen LogP contribution in [0.5, 0.6) is 0 Å². The summed E-state index contributed by atoms with van der Waals surface area (Å²) in [6, 6.07) is 2.61. The molecular weight excluding hydrogens is 235 g/mol. The van der Waals surface area contributed by atoms with Gasteiger partial charge in [0.1, 0.15) is 0 Å². The van der Waals surface area contributed by atoms with E-state index >= 15 is 0 Å². The first-order valence-corrected chi connectivity index (χ1v) is 4.92. The summed E-state index contributed by atoms with van der Waals surface area (Å²) >= 11 is 0. The SMILES string of the molecule is CC(C)Nc1cc(C(=O)O)cc(C(F)(F)F)c1. The molecule has 0 aliphatic carbocycles. The number of hydrogen-bond donors (Lipinski definition) is 2. The number of hydrogen-bond acceptors (Lipinski definition) is 2. The lowest BCUT2D eigenvalue weighted by Crippen LogP contribution is -2.13. The van der Waals surface area contributed by atoms with Crippen molar-refractivity contribution in [3.63, 3.8) is 0 Å². The van der Waals surface area contributed by atoms with Gasteiger partial charge in [-0.2, -0.15) is 13.2 Å². The predicted molar refractivity (Wildman–Crippen MR) is 57.2 cm³/mol. The molecule has 1 aromatic carbocycles. The van der Waals surface area contributed by atoms with E-state index in [2.05, 4.69) is 5.32 Å². The van der Waals surface area contributed by atoms with Crippen LogP contribution in [0.2, 0.25) is 0 Å². The molecule has 0 aliphatic rings. The molecule has 0 heterocycles. The van der Waals surface area contributed by atoms with Crippen LogP contribution in [0.4, 0.5) is 18.9 Å². The third-order valence-corrected chi connectivity index (χ3v) is 1.96. The maximum atomic E-state index is 12.5. The average Bonchev–Trinajstić information content (AvgIpc) is 2.14. The first kappa shape index (κ1) is 13.3. The summed E-state index contributed by atoms with van der Waals surface area (Å²) in [6.07, 6.45) is -4.56. The van der Waals surface area contributed by atoms with Crippen molar-refractivity contribution < 1.29 is 23.1 Å². The first-order valence-electron chi connectivity index (χ1n) is 4.92. The van der Waals surface area contributed by atoms with Gasteiger partial charge in [0.05, 0.1) is 11.1 Å². The van der Waals surface area contributed by atoms with Gasteiger partial charge in [0.2, 0.25) is 0 Å². The van der Waals surface area contributed by atoms with Gasteiger partial charge in [0, 0.05) is 11.7 Å². The average molecular weight is 247 g/mol. The Morgan fingerprint density at radius 2 is 1.88 bits per heavy atom. The number of benzene rings is 1. The smallest absolute Gasteiger partial charge is 0.416 e. The summed E-state index contributed by atoms with van der Waals surface area (Å²) in [5, 5.41) is 11.5. The van der Waals surface area contributed by atoms with Crippen molar-refractivity contribution in [1.82, 2.24) is 0 Å². The molecule has 0 atom stereocenters. The Morgan fingerprint density at radius 1 is 1.29 bits per heavy atom. The minimum Gasteiger partial charge on any atom is -0.478 e. The molecular formula is C11H12F3NO2. The number of carbonyl (C=O) groups is 1. The van der Waals surface area contributed by atoms with Gasteiger partial charge >= 0.3 is 12.1 Å². The Morgan fingerprint density at radius 3 is 2.29 bits per heavy atom. The van der Waals surface area contributed by atoms with Crippen LogP contribution in [0, 0.1) is 0 Å². The summed E-state index contributed by atoms with van der Waals surface area (Å²) in [4.78, 5) is 10.7. The van der Waals surface area contributed by atoms with Gasteiger partial charge in [-0.15, -0.1) is 0 Å². The minimum atomic E-state index is -4.56. The zero-order valence-electron chi connectivity index (χ0n) is 9.30. The summed E-state index contributed by atoms with van der Waals surface area (Å²) in [5.74, 6) is -1.39. The largest absolute Gasteiger partial charge is 0.478 e. The van der Waals surface area contributed by atoms with Gasteiger partial charge in [-0.05, 0) is 32.0 Å². The summed E-state index contributed by atoms with van der Waals surface area (Å²) in [5.41, 5.74) is -1.21. The van der Waals surface area contributed by atoms with Gasteiger partial charge < -0.3 is 10.4 Å². The van der Waals surface area contributed by atoms with Crippen LogP contribution in [0.15, 0.2) is 18.2 Å². The Bertz CT molecular complexity index is 427. The van der Waals surface area contributed by atoms with E-state index in [1.165, 1.54) is 6.07 Å². The molecule has 0 aromatic heterocycles. The third kappa shape index (κ3) is 3.65. The highest BCUT2D eigenvalue weighted by atomic mass is 19.4. The van der Waals surface area contributed by atoms with Crippen LogP contribution >= 0.6 is 0 Å². The fraction of sp³-hybridized carbons (Fsp3) is 0.364. The molecule has 0 unspecified atom stereocenters. The molecule has 1 rings (SSSR count).